The van der Waals surface area contributed by atoms with Gasteiger partial charge in [0.05, 0.1) is 12.5 Å². The molecule has 1 aliphatic rings. The number of nitrogens with one attached hydrogen (secondary N) is 2. The summed E-state index contributed by atoms with van der Waals surface area (Å²) in [6.45, 7) is 5.43. The van der Waals surface area contributed by atoms with Crippen LogP contribution in [0.4, 0.5) is 10.5 Å². The first-order valence-electron chi connectivity index (χ1n) is 7.85. The summed E-state index contributed by atoms with van der Waals surface area (Å²) in [6.07, 6.45) is 0.905. The molecule has 1 saturated heterocycles. The van der Waals surface area contributed by atoms with E-state index in [0.29, 0.717) is 0 Å². The van der Waals surface area contributed by atoms with Crippen molar-refractivity contribution in [1.29, 1.82) is 0 Å². The molecule has 6 heteroatoms. The Kier molecular flexibility index (Phi) is 5.47. The largest absolute Gasteiger partial charge is 0.469 e. The second-order valence-electron chi connectivity index (χ2n) is 6.47. The van der Waals surface area contributed by atoms with E-state index in [9.17, 15) is 9.59 Å². The van der Waals surface area contributed by atoms with E-state index in [1.165, 1.54) is 12.8 Å². The highest BCUT2D eigenvalue weighted by atomic mass is 16.5. The first kappa shape index (κ1) is 17.1. The number of carbonyl (C=O) groups excluding carboxylic acids is 2. The molecule has 1 aliphatic heterocycles. The van der Waals surface area contributed by atoms with Crippen molar-refractivity contribution in [2.45, 2.75) is 26.3 Å². The molecule has 2 rings (SSSR count). The lowest BCUT2D eigenvalue weighted by molar-refractivity contribution is -0.150. The van der Waals surface area contributed by atoms with Crippen LogP contribution in [0.3, 0.4) is 0 Å². The summed E-state index contributed by atoms with van der Waals surface area (Å²) in [4.78, 5) is 25.9. The smallest absolute Gasteiger partial charge is 0.315 e. The molecule has 0 saturated carbocycles. The molecule has 0 radical (unpaired) electrons. The highest BCUT2D eigenvalue weighted by Gasteiger charge is 2.30. The van der Waals surface area contributed by atoms with Crippen LogP contribution in [0, 0.1) is 5.41 Å². The highest BCUT2D eigenvalue weighted by Crippen LogP contribution is 2.19. The third-order valence-electron chi connectivity index (χ3n) is 4.07. The Labute approximate surface area is 137 Å². The Bertz CT molecular complexity index is 545. The molecule has 23 heavy (non-hydrogen) atoms. The molecule has 1 aromatic carbocycles. The standard InChI is InChI=1S/C17H25N3O3/c1-17(2,15(21)23-3)12-18-16(22)19-13-9-10-20(11-13)14-7-5-4-6-8-14/h4-8,13H,9-12H2,1-3H3,(H2,18,19,22)/t13-/m1/s1. The topological polar surface area (TPSA) is 70.7 Å². The molecule has 1 heterocycles. The van der Waals surface area contributed by atoms with E-state index in [2.05, 4.69) is 27.7 Å². The fourth-order valence-electron chi connectivity index (χ4n) is 2.64. The number of amides is 2. The number of benzene rings is 1. The molecule has 2 amide bonds. The van der Waals surface area contributed by atoms with E-state index < -0.39 is 5.41 Å². The minimum absolute atomic E-state index is 0.108. The lowest BCUT2D eigenvalue weighted by Crippen LogP contribution is -2.47. The van der Waals surface area contributed by atoms with Gasteiger partial charge in [-0.15, -0.1) is 0 Å². The zero-order valence-electron chi connectivity index (χ0n) is 14.0. The van der Waals surface area contributed by atoms with E-state index in [0.717, 1.165) is 19.5 Å². The van der Waals surface area contributed by atoms with Gasteiger partial charge in [0, 0.05) is 31.4 Å². The van der Waals surface area contributed by atoms with Crippen molar-refractivity contribution in [3.63, 3.8) is 0 Å². The fraction of sp³-hybridized carbons (Fsp3) is 0.529. The van der Waals surface area contributed by atoms with E-state index in [4.69, 9.17) is 4.74 Å². The zero-order chi connectivity index (χ0) is 16.9. The molecule has 126 valence electrons. The van der Waals surface area contributed by atoms with Crippen molar-refractivity contribution in [3.8, 4) is 0 Å². The third kappa shape index (κ3) is 4.61. The van der Waals surface area contributed by atoms with Gasteiger partial charge in [0.1, 0.15) is 0 Å². The van der Waals surface area contributed by atoms with Crippen molar-refractivity contribution in [3.05, 3.63) is 30.3 Å². The quantitative estimate of drug-likeness (QED) is 0.812. The summed E-state index contributed by atoms with van der Waals surface area (Å²) >= 11 is 0. The molecule has 0 unspecified atom stereocenters. The molecule has 0 aliphatic carbocycles. The number of esters is 1. The lowest BCUT2D eigenvalue weighted by Gasteiger charge is -2.23. The van der Waals surface area contributed by atoms with Gasteiger partial charge in [-0.25, -0.2) is 4.79 Å². The molecule has 2 N–H and O–H groups in total. The number of rotatable bonds is 5. The van der Waals surface area contributed by atoms with Crippen molar-refractivity contribution in [2.75, 3.05) is 31.6 Å². The van der Waals surface area contributed by atoms with Gasteiger partial charge in [0.15, 0.2) is 0 Å². The average molecular weight is 319 g/mol. The number of carbonyl (C=O) groups is 2. The van der Waals surface area contributed by atoms with Gasteiger partial charge in [0.25, 0.3) is 0 Å². The zero-order valence-corrected chi connectivity index (χ0v) is 14.0. The predicted octanol–water partition coefficient (Wildman–Crippen LogP) is 1.76. The maximum absolute atomic E-state index is 12.0. The van der Waals surface area contributed by atoms with Gasteiger partial charge in [-0.1, -0.05) is 18.2 Å². The average Bonchev–Trinajstić information content (AvgIpc) is 3.01. The number of ether oxygens (including phenoxy) is 1. The monoisotopic (exact) mass is 319 g/mol. The number of urea groups is 1. The lowest BCUT2D eigenvalue weighted by atomic mass is 9.94. The molecule has 0 spiro atoms. The van der Waals surface area contributed by atoms with Crippen LogP contribution in [0.1, 0.15) is 20.3 Å². The summed E-state index contributed by atoms with van der Waals surface area (Å²) in [5, 5.41) is 5.71. The van der Waals surface area contributed by atoms with Gasteiger partial charge in [-0.3, -0.25) is 4.79 Å². The normalized spacial score (nSPS) is 17.7. The summed E-state index contributed by atoms with van der Waals surface area (Å²) in [5.74, 6) is -0.339. The first-order chi connectivity index (χ1) is 10.9. The van der Waals surface area contributed by atoms with Crippen LogP contribution < -0.4 is 15.5 Å². The maximum Gasteiger partial charge on any atom is 0.315 e. The molecule has 0 aromatic heterocycles. The van der Waals surface area contributed by atoms with E-state index in [1.807, 2.05) is 18.2 Å². The first-order valence-corrected chi connectivity index (χ1v) is 7.85. The fourth-order valence-corrected chi connectivity index (χ4v) is 2.64. The second-order valence-corrected chi connectivity index (χ2v) is 6.47. The van der Waals surface area contributed by atoms with Crippen LogP contribution in [-0.4, -0.2) is 44.8 Å². The minimum Gasteiger partial charge on any atom is -0.469 e. The van der Waals surface area contributed by atoms with Crippen molar-refractivity contribution in [2.24, 2.45) is 5.41 Å². The third-order valence-corrected chi connectivity index (χ3v) is 4.07. The van der Waals surface area contributed by atoms with Crippen LogP contribution in [0.15, 0.2) is 30.3 Å². The van der Waals surface area contributed by atoms with Crippen LogP contribution in [0.25, 0.3) is 0 Å². The molecule has 0 bridgehead atoms. The molecular weight excluding hydrogens is 294 g/mol. The molecule has 1 fully saturated rings. The number of para-hydroxylation sites is 1. The summed E-state index contributed by atoms with van der Waals surface area (Å²) in [5.41, 5.74) is 0.432. The molecule has 1 aromatic rings. The number of nitrogens with zero attached hydrogens (tertiary/aromatic N) is 1. The Morgan fingerprint density at radius 2 is 2.00 bits per heavy atom. The van der Waals surface area contributed by atoms with Crippen LogP contribution in [0.2, 0.25) is 0 Å². The molecular formula is C17H25N3O3. The SMILES string of the molecule is COC(=O)C(C)(C)CNC(=O)N[C@@H]1CCN(c2ccccc2)C1. The van der Waals surface area contributed by atoms with Crippen molar-refractivity contribution >= 4 is 17.7 Å². The number of methoxy groups -OCH3 is 1. The summed E-state index contributed by atoms with van der Waals surface area (Å²) in [7, 11) is 1.35. The summed E-state index contributed by atoms with van der Waals surface area (Å²) in [6, 6.07) is 10.0. The summed E-state index contributed by atoms with van der Waals surface area (Å²) < 4.78 is 4.73. The Balaban J connectivity index is 1.78. The van der Waals surface area contributed by atoms with Gasteiger partial charge < -0.3 is 20.3 Å². The van der Waals surface area contributed by atoms with Crippen LogP contribution >= 0.6 is 0 Å². The maximum atomic E-state index is 12.0. The van der Waals surface area contributed by atoms with E-state index in [1.54, 1.807) is 13.8 Å². The molecule has 6 nitrogen and oxygen atoms in total. The number of hydrogen-bond acceptors (Lipinski definition) is 4. The second kappa shape index (κ2) is 7.35. The van der Waals surface area contributed by atoms with E-state index in [-0.39, 0.29) is 24.6 Å². The van der Waals surface area contributed by atoms with Crippen LogP contribution in [-0.2, 0) is 9.53 Å². The van der Waals surface area contributed by atoms with E-state index >= 15 is 0 Å². The predicted molar refractivity (Wildman–Crippen MR) is 89.4 cm³/mol. The van der Waals surface area contributed by atoms with Crippen molar-refractivity contribution in [1.82, 2.24) is 10.6 Å². The molecule has 1 atom stereocenters. The number of anilines is 1. The van der Waals surface area contributed by atoms with Gasteiger partial charge in [-0.05, 0) is 32.4 Å². The van der Waals surface area contributed by atoms with Crippen molar-refractivity contribution < 1.29 is 14.3 Å². The Morgan fingerprint density at radius 1 is 1.30 bits per heavy atom. The highest BCUT2D eigenvalue weighted by molar-refractivity contribution is 5.78. The van der Waals surface area contributed by atoms with Crippen LogP contribution in [0.5, 0.6) is 0 Å². The Morgan fingerprint density at radius 3 is 2.65 bits per heavy atom. The minimum atomic E-state index is -0.738. The van der Waals surface area contributed by atoms with Gasteiger partial charge in [-0.2, -0.15) is 0 Å². The Hall–Kier alpha value is -2.24. The van der Waals surface area contributed by atoms with Gasteiger partial charge >= 0.3 is 12.0 Å². The van der Waals surface area contributed by atoms with Gasteiger partial charge in [0.2, 0.25) is 0 Å². The number of hydrogen-bond donors (Lipinski definition) is 2.